The molecule has 0 radical (unpaired) electrons. The average Bonchev–Trinajstić information content (AvgIpc) is 3.15. The van der Waals surface area contributed by atoms with E-state index in [0.29, 0.717) is 23.9 Å². The first-order chi connectivity index (χ1) is 15.3. The van der Waals surface area contributed by atoms with E-state index in [2.05, 4.69) is 10.4 Å². The number of hydrogen-bond donors (Lipinski definition) is 1. The van der Waals surface area contributed by atoms with Crippen LogP contribution in [-0.2, 0) is 21.3 Å². The lowest BCUT2D eigenvalue weighted by Crippen LogP contribution is -2.38. The van der Waals surface area contributed by atoms with Crippen LogP contribution in [0, 0.1) is 25.7 Å². The van der Waals surface area contributed by atoms with Crippen LogP contribution in [0.4, 0.5) is 11.4 Å². The van der Waals surface area contributed by atoms with Crippen molar-refractivity contribution in [3.05, 3.63) is 53.1 Å². The molecule has 0 spiro atoms. The van der Waals surface area contributed by atoms with Gasteiger partial charge < -0.3 is 9.75 Å². The molecule has 2 aliphatic heterocycles. The van der Waals surface area contributed by atoms with Crippen LogP contribution in [0.15, 0.2) is 41.3 Å². The molecule has 0 aliphatic carbocycles. The van der Waals surface area contributed by atoms with Gasteiger partial charge in [-0.15, -0.1) is 0 Å². The second-order valence-electron chi connectivity index (χ2n) is 9.51. The van der Waals surface area contributed by atoms with Gasteiger partial charge in [0.15, 0.2) is 0 Å². The maximum absolute atomic E-state index is 13.8. The van der Waals surface area contributed by atoms with Crippen molar-refractivity contribution in [1.82, 2.24) is 5.43 Å². The van der Waals surface area contributed by atoms with Gasteiger partial charge in [-0.05, 0) is 73.9 Å². The third-order valence-electron chi connectivity index (χ3n) is 6.32. The quantitative estimate of drug-likeness (QED) is 0.668. The van der Waals surface area contributed by atoms with Crippen molar-refractivity contribution in [2.24, 2.45) is 11.8 Å². The number of anilines is 2. The Morgan fingerprint density at radius 3 is 2.56 bits per heavy atom. The number of rotatable bonds is 7. The van der Waals surface area contributed by atoms with Gasteiger partial charge >= 0.3 is 0 Å². The van der Waals surface area contributed by atoms with E-state index in [-0.39, 0.29) is 5.92 Å². The van der Waals surface area contributed by atoms with Crippen LogP contribution in [0.1, 0.15) is 43.4 Å². The summed E-state index contributed by atoms with van der Waals surface area (Å²) in [4.78, 5) is 0.353. The molecule has 0 bridgehead atoms. The Labute approximate surface area is 192 Å². The fraction of sp³-hybridized carbons (Fsp3) is 0.520. The van der Waals surface area contributed by atoms with Gasteiger partial charge in [-0.2, -0.15) is 0 Å². The fourth-order valence-electron chi connectivity index (χ4n) is 4.61. The van der Waals surface area contributed by atoms with Gasteiger partial charge in [0.25, 0.3) is 10.0 Å². The monoisotopic (exact) mass is 457 g/mol. The summed E-state index contributed by atoms with van der Waals surface area (Å²) in [6.07, 6.45) is 2.14. The third kappa shape index (κ3) is 4.80. The van der Waals surface area contributed by atoms with Crippen molar-refractivity contribution in [3.63, 3.8) is 0 Å². The third-order valence-corrected chi connectivity index (χ3v) is 8.10. The molecule has 32 heavy (non-hydrogen) atoms. The molecule has 6 nitrogen and oxygen atoms in total. The summed E-state index contributed by atoms with van der Waals surface area (Å²) in [7, 11) is -3.68. The molecule has 0 unspecified atom stereocenters. The molecule has 0 amide bonds. The molecule has 2 aliphatic rings. The molecular formula is C25H35N3O3S. The molecule has 0 saturated carbocycles. The predicted octanol–water partition coefficient (Wildman–Crippen LogP) is 4.41. The van der Waals surface area contributed by atoms with Crippen LogP contribution >= 0.6 is 0 Å². The lowest BCUT2D eigenvalue weighted by Gasteiger charge is -2.29. The Hall–Kier alpha value is -2.09. The van der Waals surface area contributed by atoms with Crippen LogP contribution in [0.3, 0.4) is 0 Å². The number of sulfonamides is 1. The van der Waals surface area contributed by atoms with Crippen molar-refractivity contribution in [2.45, 2.75) is 52.0 Å². The van der Waals surface area contributed by atoms with Crippen molar-refractivity contribution in [3.8, 4) is 0 Å². The number of benzene rings is 2. The highest BCUT2D eigenvalue weighted by molar-refractivity contribution is 7.92. The second-order valence-corrected chi connectivity index (χ2v) is 11.4. The zero-order valence-electron chi connectivity index (χ0n) is 19.6. The molecule has 174 valence electrons. The minimum atomic E-state index is -3.68. The number of ether oxygens (including phenoxy) is 1. The maximum Gasteiger partial charge on any atom is 0.264 e. The number of nitrogens with zero attached hydrogens (tertiary/aromatic N) is 2. The topological polar surface area (TPSA) is 61.9 Å². The Morgan fingerprint density at radius 1 is 1.12 bits per heavy atom. The molecule has 0 atom stereocenters. The summed E-state index contributed by atoms with van der Waals surface area (Å²) in [5.74, 6) is 0.799. The first kappa shape index (κ1) is 23.1. The Balaban J connectivity index is 1.62. The fourth-order valence-corrected chi connectivity index (χ4v) is 6.36. The molecule has 2 aromatic rings. The molecule has 7 heteroatoms. The van der Waals surface area contributed by atoms with E-state index >= 15 is 0 Å². The maximum atomic E-state index is 13.8. The molecule has 2 aromatic carbocycles. The summed E-state index contributed by atoms with van der Waals surface area (Å²) in [6, 6.07) is 11.5. The van der Waals surface area contributed by atoms with Crippen LogP contribution in [0.25, 0.3) is 0 Å². The van der Waals surface area contributed by atoms with Crippen LogP contribution in [0.2, 0.25) is 0 Å². The van der Waals surface area contributed by atoms with E-state index in [1.807, 2.05) is 58.0 Å². The van der Waals surface area contributed by atoms with E-state index in [1.54, 1.807) is 10.4 Å². The van der Waals surface area contributed by atoms with Gasteiger partial charge in [-0.3, -0.25) is 4.31 Å². The van der Waals surface area contributed by atoms with Crippen LogP contribution < -0.4 is 14.7 Å². The van der Waals surface area contributed by atoms with Gasteiger partial charge in [0.1, 0.15) is 0 Å². The SMILES string of the molecule is Cc1ccc(N(CC(C)C)S(=O)(=O)c2ccc3c(c2)CNN3CC2CCOCC2)c(C)c1. The van der Waals surface area contributed by atoms with E-state index < -0.39 is 10.0 Å². The number of fused-ring (bicyclic) bond motifs is 1. The summed E-state index contributed by atoms with van der Waals surface area (Å²) in [5, 5.41) is 2.18. The van der Waals surface area contributed by atoms with E-state index in [0.717, 1.165) is 60.7 Å². The summed E-state index contributed by atoms with van der Waals surface area (Å²) in [5.41, 5.74) is 8.40. The Bertz CT molecular complexity index is 1060. The largest absolute Gasteiger partial charge is 0.381 e. The van der Waals surface area contributed by atoms with Crippen molar-refractivity contribution >= 4 is 21.4 Å². The lowest BCUT2D eigenvalue weighted by molar-refractivity contribution is 0.0677. The highest BCUT2D eigenvalue weighted by atomic mass is 32.2. The van der Waals surface area contributed by atoms with Crippen molar-refractivity contribution in [2.75, 3.05) is 35.6 Å². The summed E-state index contributed by atoms with van der Waals surface area (Å²) in [6.45, 7) is 11.8. The van der Waals surface area contributed by atoms with Crippen LogP contribution in [-0.4, -0.2) is 34.7 Å². The van der Waals surface area contributed by atoms with Gasteiger partial charge in [0.05, 0.1) is 16.3 Å². The summed E-state index contributed by atoms with van der Waals surface area (Å²) < 4.78 is 34.6. The molecular weight excluding hydrogens is 422 g/mol. The smallest absolute Gasteiger partial charge is 0.264 e. The van der Waals surface area contributed by atoms with Crippen molar-refractivity contribution < 1.29 is 13.2 Å². The van der Waals surface area contributed by atoms with E-state index in [9.17, 15) is 8.42 Å². The number of aryl methyl sites for hydroxylation is 2. The molecule has 0 aromatic heterocycles. The normalized spacial score (nSPS) is 17.1. The predicted molar refractivity (Wildman–Crippen MR) is 129 cm³/mol. The zero-order valence-corrected chi connectivity index (χ0v) is 20.4. The molecule has 1 fully saturated rings. The van der Waals surface area contributed by atoms with Gasteiger partial charge in [-0.25, -0.2) is 13.8 Å². The molecule has 1 saturated heterocycles. The minimum Gasteiger partial charge on any atom is -0.381 e. The van der Waals surface area contributed by atoms with Crippen LogP contribution in [0.5, 0.6) is 0 Å². The second kappa shape index (κ2) is 9.41. The number of hydrogen-bond acceptors (Lipinski definition) is 5. The lowest BCUT2D eigenvalue weighted by atomic mass is 10.00. The zero-order chi connectivity index (χ0) is 22.9. The Kier molecular flexibility index (Phi) is 6.79. The van der Waals surface area contributed by atoms with E-state index in [4.69, 9.17) is 4.74 Å². The highest BCUT2D eigenvalue weighted by Gasteiger charge is 2.30. The summed E-state index contributed by atoms with van der Waals surface area (Å²) >= 11 is 0. The first-order valence-corrected chi connectivity index (χ1v) is 13.0. The minimum absolute atomic E-state index is 0.205. The molecule has 1 N–H and O–H groups in total. The molecule has 2 heterocycles. The van der Waals surface area contributed by atoms with Crippen molar-refractivity contribution in [1.29, 1.82) is 0 Å². The number of nitrogens with one attached hydrogen (secondary N) is 1. The number of hydrazine groups is 1. The Morgan fingerprint density at radius 2 is 1.88 bits per heavy atom. The molecule has 4 rings (SSSR count). The standard InChI is InChI=1S/C25H35N3O3S/c1-18(2)16-28(24-7-5-19(3)13-20(24)4)32(29,30)23-6-8-25-22(14-23)15-26-27(25)17-21-9-11-31-12-10-21/h5-8,13-14,18,21,26H,9-12,15-17H2,1-4H3. The van der Waals surface area contributed by atoms with E-state index in [1.165, 1.54) is 0 Å². The van der Waals surface area contributed by atoms with Gasteiger partial charge in [0.2, 0.25) is 0 Å². The van der Waals surface area contributed by atoms with Gasteiger partial charge in [-0.1, -0.05) is 31.5 Å². The first-order valence-electron chi connectivity index (χ1n) is 11.6. The van der Waals surface area contributed by atoms with Gasteiger partial charge in [0, 0.05) is 32.8 Å². The highest BCUT2D eigenvalue weighted by Crippen LogP contribution is 2.33. The average molecular weight is 458 g/mol.